The standard InChI is InChI=1S/C10H13F2NS/c1-14-9-5-4-8(11)7(10(9)12)3-2-6-13/h4-5H,2-3,6,13H2,1H3. The normalized spacial score (nSPS) is 10.6. The Morgan fingerprint density at radius 3 is 2.64 bits per heavy atom. The highest BCUT2D eigenvalue weighted by Crippen LogP contribution is 2.24. The highest BCUT2D eigenvalue weighted by molar-refractivity contribution is 7.98. The number of benzene rings is 1. The van der Waals surface area contributed by atoms with Crippen molar-refractivity contribution < 1.29 is 8.78 Å². The van der Waals surface area contributed by atoms with Gasteiger partial charge in [-0.15, -0.1) is 11.8 Å². The Morgan fingerprint density at radius 2 is 2.07 bits per heavy atom. The largest absolute Gasteiger partial charge is 0.330 e. The van der Waals surface area contributed by atoms with Crippen LogP contribution in [0.5, 0.6) is 0 Å². The predicted octanol–water partition coefficient (Wildman–Crippen LogP) is 2.58. The summed E-state index contributed by atoms with van der Waals surface area (Å²) in [5, 5.41) is 0. The molecule has 0 saturated carbocycles. The molecule has 0 spiro atoms. The fraction of sp³-hybridized carbons (Fsp3) is 0.400. The molecule has 0 atom stereocenters. The molecule has 0 heterocycles. The van der Waals surface area contributed by atoms with Crippen LogP contribution in [0.2, 0.25) is 0 Å². The number of hydrogen-bond acceptors (Lipinski definition) is 2. The van der Waals surface area contributed by atoms with Gasteiger partial charge in [-0.1, -0.05) is 0 Å². The van der Waals surface area contributed by atoms with Gasteiger partial charge in [-0.25, -0.2) is 8.78 Å². The SMILES string of the molecule is CSc1ccc(F)c(CCCN)c1F. The molecule has 0 radical (unpaired) electrons. The van der Waals surface area contributed by atoms with Crippen molar-refractivity contribution in [1.29, 1.82) is 0 Å². The molecule has 0 fully saturated rings. The summed E-state index contributed by atoms with van der Waals surface area (Å²) >= 11 is 1.28. The van der Waals surface area contributed by atoms with E-state index in [2.05, 4.69) is 0 Å². The Labute approximate surface area is 86.7 Å². The number of hydrogen-bond donors (Lipinski definition) is 1. The van der Waals surface area contributed by atoms with E-state index in [0.29, 0.717) is 24.3 Å². The van der Waals surface area contributed by atoms with Crippen LogP contribution < -0.4 is 5.73 Å². The lowest BCUT2D eigenvalue weighted by Crippen LogP contribution is -2.04. The first-order valence-corrected chi connectivity index (χ1v) is 5.64. The van der Waals surface area contributed by atoms with Crippen molar-refractivity contribution in [3.63, 3.8) is 0 Å². The van der Waals surface area contributed by atoms with E-state index in [-0.39, 0.29) is 5.56 Å². The minimum atomic E-state index is -0.478. The zero-order chi connectivity index (χ0) is 10.6. The molecule has 14 heavy (non-hydrogen) atoms. The Balaban J connectivity index is 2.99. The lowest BCUT2D eigenvalue weighted by atomic mass is 10.1. The van der Waals surface area contributed by atoms with Crippen LogP contribution in [0.25, 0.3) is 0 Å². The summed E-state index contributed by atoms with van der Waals surface area (Å²) in [6.07, 6.45) is 2.73. The molecule has 1 aromatic carbocycles. The molecular weight excluding hydrogens is 204 g/mol. The topological polar surface area (TPSA) is 26.0 Å². The molecular formula is C10H13F2NS. The predicted molar refractivity (Wildman–Crippen MR) is 55.5 cm³/mol. The number of nitrogens with two attached hydrogens (primary N) is 1. The van der Waals surface area contributed by atoms with E-state index < -0.39 is 11.6 Å². The van der Waals surface area contributed by atoms with Gasteiger partial charge in [0.1, 0.15) is 11.6 Å². The van der Waals surface area contributed by atoms with Gasteiger partial charge in [0.15, 0.2) is 0 Å². The molecule has 0 aliphatic carbocycles. The number of rotatable bonds is 4. The number of thioether (sulfide) groups is 1. The monoisotopic (exact) mass is 217 g/mol. The minimum Gasteiger partial charge on any atom is -0.330 e. The van der Waals surface area contributed by atoms with Crippen molar-refractivity contribution in [2.24, 2.45) is 5.73 Å². The van der Waals surface area contributed by atoms with Gasteiger partial charge < -0.3 is 5.73 Å². The third-order valence-electron chi connectivity index (χ3n) is 2.00. The average Bonchev–Trinajstić information content (AvgIpc) is 2.18. The van der Waals surface area contributed by atoms with Crippen molar-refractivity contribution in [2.45, 2.75) is 17.7 Å². The van der Waals surface area contributed by atoms with E-state index in [1.165, 1.54) is 23.9 Å². The lowest BCUT2D eigenvalue weighted by Gasteiger charge is -2.07. The van der Waals surface area contributed by atoms with Crippen LogP contribution in [0.1, 0.15) is 12.0 Å². The molecule has 1 nitrogen and oxygen atoms in total. The second-order valence-corrected chi connectivity index (χ2v) is 3.78. The van der Waals surface area contributed by atoms with Crippen molar-refractivity contribution in [3.8, 4) is 0 Å². The van der Waals surface area contributed by atoms with Crippen LogP contribution in [0.4, 0.5) is 8.78 Å². The van der Waals surface area contributed by atoms with Gasteiger partial charge in [0, 0.05) is 10.5 Å². The van der Waals surface area contributed by atoms with Gasteiger partial charge in [0.2, 0.25) is 0 Å². The van der Waals surface area contributed by atoms with Gasteiger partial charge in [-0.05, 0) is 37.8 Å². The van der Waals surface area contributed by atoms with Crippen molar-refractivity contribution in [1.82, 2.24) is 0 Å². The van der Waals surface area contributed by atoms with Gasteiger partial charge in [0.25, 0.3) is 0 Å². The van der Waals surface area contributed by atoms with Crippen molar-refractivity contribution >= 4 is 11.8 Å². The molecule has 78 valence electrons. The highest BCUT2D eigenvalue weighted by atomic mass is 32.2. The van der Waals surface area contributed by atoms with Crippen LogP contribution >= 0.6 is 11.8 Å². The molecule has 4 heteroatoms. The Morgan fingerprint density at radius 1 is 1.36 bits per heavy atom. The molecule has 0 aromatic heterocycles. The average molecular weight is 217 g/mol. The van der Waals surface area contributed by atoms with Gasteiger partial charge in [-0.2, -0.15) is 0 Å². The number of halogens is 2. The summed E-state index contributed by atoms with van der Waals surface area (Å²) in [7, 11) is 0. The minimum absolute atomic E-state index is 0.155. The quantitative estimate of drug-likeness (QED) is 0.784. The summed E-state index contributed by atoms with van der Waals surface area (Å²) in [6, 6.07) is 2.77. The van der Waals surface area contributed by atoms with Crippen LogP contribution in [0.3, 0.4) is 0 Å². The van der Waals surface area contributed by atoms with E-state index >= 15 is 0 Å². The van der Waals surface area contributed by atoms with Gasteiger partial charge in [-0.3, -0.25) is 0 Å². The fourth-order valence-electron chi connectivity index (χ4n) is 1.24. The summed E-state index contributed by atoms with van der Waals surface area (Å²) in [5.41, 5.74) is 5.45. The van der Waals surface area contributed by atoms with Gasteiger partial charge >= 0.3 is 0 Å². The van der Waals surface area contributed by atoms with Gasteiger partial charge in [0.05, 0.1) is 0 Å². The molecule has 0 aliphatic heterocycles. The van der Waals surface area contributed by atoms with E-state index in [1.807, 2.05) is 0 Å². The first-order chi connectivity index (χ1) is 6.70. The lowest BCUT2D eigenvalue weighted by molar-refractivity contribution is 0.535. The molecule has 1 rings (SSSR count). The fourth-order valence-corrected chi connectivity index (χ4v) is 1.75. The van der Waals surface area contributed by atoms with E-state index in [0.717, 1.165) is 0 Å². The smallest absolute Gasteiger partial charge is 0.142 e. The zero-order valence-electron chi connectivity index (χ0n) is 8.02. The first-order valence-electron chi connectivity index (χ1n) is 4.41. The second-order valence-electron chi connectivity index (χ2n) is 2.93. The van der Waals surface area contributed by atoms with Crippen LogP contribution in [-0.4, -0.2) is 12.8 Å². The highest BCUT2D eigenvalue weighted by Gasteiger charge is 2.12. The second kappa shape index (κ2) is 5.32. The third-order valence-corrected chi connectivity index (χ3v) is 2.76. The molecule has 0 unspecified atom stereocenters. The Bertz CT molecular complexity index is 315. The van der Waals surface area contributed by atoms with E-state index in [9.17, 15) is 8.78 Å². The molecule has 1 aromatic rings. The first kappa shape index (κ1) is 11.5. The van der Waals surface area contributed by atoms with Crippen LogP contribution in [0.15, 0.2) is 17.0 Å². The van der Waals surface area contributed by atoms with Crippen molar-refractivity contribution in [2.75, 3.05) is 12.8 Å². The van der Waals surface area contributed by atoms with Crippen LogP contribution in [0, 0.1) is 11.6 Å². The molecule has 2 N–H and O–H groups in total. The summed E-state index contributed by atoms with van der Waals surface area (Å²) in [4.78, 5) is 0.485. The Hall–Kier alpha value is -0.610. The Kier molecular flexibility index (Phi) is 4.35. The third kappa shape index (κ3) is 2.45. The summed E-state index contributed by atoms with van der Waals surface area (Å²) in [6.45, 7) is 0.447. The summed E-state index contributed by atoms with van der Waals surface area (Å²) in [5.74, 6) is -0.917. The maximum absolute atomic E-state index is 13.6. The zero-order valence-corrected chi connectivity index (χ0v) is 8.83. The van der Waals surface area contributed by atoms with Crippen molar-refractivity contribution in [3.05, 3.63) is 29.3 Å². The maximum atomic E-state index is 13.6. The molecule has 0 bridgehead atoms. The maximum Gasteiger partial charge on any atom is 0.142 e. The van der Waals surface area contributed by atoms with E-state index in [4.69, 9.17) is 5.73 Å². The van der Waals surface area contributed by atoms with E-state index in [1.54, 1.807) is 6.26 Å². The molecule has 0 aliphatic rings. The molecule has 0 amide bonds. The summed E-state index contributed by atoms with van der Waals surface area (Å²) < 4.78 is 26.8. The van der Waals surface area contributed by atoms with Crippen LogP contribution in [-0.2, 0) is 6.42 Å². The molecule has 0 saturated heterocycles.